The van der Waals surface area contributed by atoms with Crippen LogP contribution < -0.4 is 5.32 Å². The lowest BCUT2D eigenvalue weighted by Crippen LogP contribution is -2.43. The highest BCUT2D eigenvalue weighted by molar-refractivity contribution is 8.14. The van der Waals surface area contributed by atoms with Gasteiger partial charge in [-0.1, -0.05) is 52.3 Å². The van der Waals surface area contributed by atoms with E-state index in [1.807, 2.05) is 11.8 Å². The van der Waals surface area contributed by atoms with E-state index in [0.717, 1.165) is 24.2 Å². The molecule has 1 aliphatic heterocycles. The monoisotopic (exact) mass is 285 g/mol. The summed E-state index contributed by atoms with van der Waals surface area (Å²) in [5.41, 5.74) is 0. The number of hydrogen-bond acceptors (Lipinski definition) is 4. The largest absolute Gasteiger partial charge is 0.361 e. The molecule has 19 heavy (non-hydrogen) atoms. The van der Waals surface area contributed by atoms with E-state index >= 15 is 0 Å². The molecule has 0 aliphatic carbocycles. The van der Waals surface area contributed by atoms with Crippen LogP contribution in [0.5, 0.6) is 0 Å². The highest BCUT2D eigenvalue weighted by Crippen LogP contribution is 2.30. The van der Waals surface area contributed by atoms with Gasteiger partial charge in [0, 0.05) is 17.8 Å². The molecule has 0 amide bonds. The summed E-state index contributed by atoms with van der Waals surface area (Å²) in [6.45, 7) is 11.2. The Balaban J connectivity index is 2.49. The first-order chi connectivity index (χ1) is 8.97. The van der Waals surface area contributed by atoms with Crippen molar-refractivity contribution in [3.05, 3.63) is 0 Å². The molecule has 0 spiro atoms. The van der Waals surface area contributed by atoms with Crippen LogP contribution >= 0.6 is 11.8 Å². The van der Waals surface area contributed by atoms with E-state index in [-0.39, 0.29) is 0 Å². The van der Waals surface area contributed by atoms with Gasteiger partial charge in [-0.05, 0) is 25.9 Å². The summed E-state index contributed by atoms with van der Waals surface area (Å²) in [6.07, 6.45) is 2.53. The first kappa shape index (κ1) is 16.8. The zero-order valence-corrected chi connectivity index (χ0v) is 14.3. The fraction of sp³-hybridized carbons (Fsp3) is 0.933. The predicted molar refractivity (Wildman–Crippen MR) is 88.1 cm³/mol. The molecule has 1 N–H and O–H groups in total. The molecule has 0 radical (unpaired) electrons. The van der Waals surface area contributed by atoms with Crippen molar-refractivity contribution in [2.75, 3.05) is 27.2 Å². The van der Waals surface area contributed by atoms with Crippen LogP contribution in [0.25, 0.3) is 0 Å². The highest BCUT2D eigenvalue weighted by atomic mass is 32.2. The molecule has 0 aromatic heterocycles. The quantitative estimate of drug-likeness (QED) is 0.779. The number of hydrogen-bond donors (Lipinski definition) is 1. The number of rotatable bonds is 7. The molecule has 1 rings (SSSR count). The summed E-state index contributed by atoms with van der Waals surface area (Å²) in [4.78, 5) is 6.96. The summed E-state index contributed by atoms with van der Waals surface area (Å²) >= 11 is 1.96. The Labute approximate surface area is 123 Å². The first-order valence-corrected chi connectivity index (χ1v) is 8.48. The summed E-state index contributed by atoms with van der Waals surface area (Å²) in [6, 6.07) is 0.488. The van der Waals surface area contributed by atoms with Gasteiger partial charge in [0.1, 0.15) is 0 Å². The van der Waals surface area contributed by atoms with Crippen LogP contribution in [-0.4, -0.2) is 48.5 Å². The molecule has 1 heterocycles. The third-order valence-corrected chi connectivity index (χ3v) is 5.23. The lowest BCUT2D eigenvalue weighted by Gasteiger charge is -2.26. The molecule has 3 nitrogen and oxygen atoms in total. The van der Waals surface area contributed by atoms with Crippen LogP contribution in [0.15, 0.2) is 4.99 Å². The predicted octanol–water partition coefficient (Wildman–Crippen LogP) is 3.07. The Morgan fingerprint density at radius 3 is 2.42 bits per heavy atom. The standard InChI is InChI=1S/C15H31N3S/c1-7-12(8-2)14-9-16-15(19-14)17-13(11(3)4)10-18(5)6/h11-14H,7-10H2,1-6H3,(H,16,17). The second kappa shape index (κ2) is 8.15. The molecule has 112 valence electrons. The van der Waals surface area contributed by atoms with Gasteiger partial charge in [-0.3, -0.25) is 4.99 Å². The zero-order chi connectivity index (χ0) is 14.4. The van der Waals surface area contributed by atoms with Gasteiger partial charge in [0.2, 0.25) is 0 Å². The molecule has 0 aromatic rings. The topological polar surface area (TPSA) is 27.6 Å². The normalized spacial score (nSPS) is 21.3. The molecule has 4 heteroatoms. The van der Waals surface area contributed by atoms with Gasteiger partial charge in [-0.25, -0.2) is 0 Å². The van der Waals surface area contributed by atoms with E-state index in [4.69, 9.17) is 4.99 Å². The minimum atomic E-state index is 0.488. The summed E-state index contributed by atoms with van der Waals surface area (Å²) in [5.74, 6) is 1.43. The molecule has 0 saturated carbocycles. The second-order valence-electron chi connectivity index (χ2n) is 6.14. The Bertz CT molecular complexity index is 285. The van der Waals surface area contributed by atoms with Gasteiger partial charge in [-0.15, -0.1) is 0 Å². The number of amidine groups is 1. The Hall–Kier alpha value is -0.220. The Morgan fingerprint density at radius 1 is 1.32 bits per heavy atom. The van der Waals surface area contributed by atoms with E-state index in [1.165, 1.54) is 12.8 Å². The molecule has 0 fully saturated rings. The minimum Gasteiger partial charge on any atom is -0.361 e. The van der Waals surface area contributed by atoms with Crippen LogP contribution in [0.1, 0.15) is 40.5 Å². The SMILES string of the molecule is CCC(CC)C1CN=C(NC(CN(C)C)C(C)C)S1. The minimum absolute atomic E-state index is 0.488. The molecule has 2 atom stereocenters. The van der Waals surface area contributed by atoms with Crippen LogP contribution in [0, 0.1) is 11.8 Å². The van der Waals surface area contributed by atoms with E-state index in [9.17, 15) is 0 Å². The number of nitrogens with one attached hydrogen (secondary N) is 1. The van der Waals surface area contributed by atoms with Crippen LogP contribution in [0.4, 0.5) is 0 Å². The van der Waals surface area contributed by atoms with Gasteiger partial charge in [0.25, 0.3) is 0 Å². The van der Waals surface area contributed by atoms with Crippen molar-refractivity contribution in [1.29, 1.82) is 0 Å². The van der Waals surface area contributed by atoms with Crippen molar-refractivity contribution in [2.24, 2.45) is 16.8 Å². The summed E-state index contributed by atoms with van der Waals surface area (Å²) < 4.78 is 0. The third kappa shape index (κ3) is 5.35. The van der Waals surface area contributed by atoms with Gasteiger partial charge >= 0.3 is 0 Å². The van der Waals surface area contributed by atoms with Crippen molar-refractivity contribution in [3.63, 3.8) is 0 Å². The van der Waals surface area contributed by atoms with E-state index in [1.54, 1.807) is 0 Å². The molecule has 2 unspecified atom stereocenters. The van der Waals surface area contributed by atoms with Gasteiger partial charge < -0.3 is 10.2 Å². The van der Waals surface area contributed by atoms with Crippen LogP contribution in [-0.2, 0) is 0 Å². The van der Waals surface area contributed by atoms with Crippen molar-refractivity contribution in [2.45, 2.75) is 51.8 Å². The number of likely N-dealkylation sites (N-methyl/N-ethyl adjacent to an activating group) is 1. The zero-order valence-electron chi connectivity index (χ0n) is 13.4. The maximum absolute atomic E-state index is 4.71. The smallest absolute Gasteiger partial charge is 0.157 e. The molecule has 1 aliphatic rings. The van der Waals surface area contributed by atoms with Crippen LogP contribution in [0.2, 0.25) is 0 Å². The second-order valence-corrected chi connectivity index (χ2v) is 7.36. The molecule has 0 bridgehead atoms. The number of nitrogens with zero attached hydrogens (tertiary/aromatic N) is 2. The van der Waals surface area contributed by atoms with Crippen molar-refractivity contribution in [1.82, 2.24) is 10.2 Å². The Kier molecular flexibility index (Phi) is 7.22. The van der Waals surface area contributed by atoms with Gasteiger partial charge in [-0.2, -0.15) is 0 Å². The molecular weight excluding hydrogens is 254 g/mol. The fourth-order valence-electron chi connectivity index (χ4n) is 2.51. The first-order valence-electron chi connectivity index (χ1n) is 7.60. The van der Waals surface area contributed by atoms with Gasteiger partial charge in [0.15, 0.2) is 5.17 Å². The average Bonchev–Trinajstić information content (AvgIpc) is 2.78. The van der Waals surface area contributed by atoms with Crippen molar-refractivity contribution in [3.8, 4) is 0 Å². The van der Waals surface area contributed by atoms with E-state index in [2.05, 4.69) is 52.0 Å². The maximum Gasteiger partial charge on any atom is 0.157 e. The molecule has 0 saturated heterocycles. The highest BCUT2D eigenvalue weighted by Gasteiger charge is 2.27. The molecule has 0 aromatic carbocycles. The maximum atomic E-state index is 4.71. The van der Waals surface area contributed by atoms with E-state index in [0.29, 0.717) is 17.2 Å². The Morgan fingerprint density at radius 2 is 1.95 bits per heavy atom. The average molecular weight is 286 g/mol. The number of aliphatic imine (C=N–C) groups is 1. The van der Waals surface area contributed by atoms with Crippen molar-refractivity contribution < 1.29 is 0 Å². The summed E-state index contributed by atoms with van der Waals surface area (Å²) in [7, 11) is 4.27. The number of thioether (sulfide) groups is 1. The molecular formula is C15H31N3S. The van der Waals surface area contributed by atoms with E-state index < -0.39 is 0 Å². The fourth-order valence-corrected chi connectivity index (χ4v) is 3.89. The van der Waals surface area contributed by atoms with Crippen molar-refractivity contribution >= 4 is 16.9 Å². The van der Waals surface area contributed by atoms with Crippen LogP contribution in [0.3, 0.4) is 0 Å². The summed E-state index contributed by atoms with van der Waals surface area (Å²) in [5, 5.41) is 5.50. The lowest BCUT2D eigenvalue weighted by molar-refractivity contribution is 0.314. The third-order valence-electron chi connectivity index (χ3n) is 3.93. The van der Waals surface area contributed by atoms with Gasteiger partial charge in [0.05, 0.1) is 6.54 Å². The lowest BCUT2D eigenvalue weighted by atomic mass is 9.99.